The lowest BCUT2D eigenvalue weighted by Gasteiger charge is -2.73. The molecule has 2 N–H and O–H groups in total. The van der Waals surface area contributed by atoms with Crippen molar-refractivity contribution in [1.29, 1.82) is 0 Å². The first-order chi connectivity index (χ1) is 15.6. The minimum atomic E-state index is -0.0526. The van der Waals surface area contributed by atoms with Crippen LogP contribution in [0.15, 0.2) is 24.4 Å². The van der Waals surface area contributed by atoms with E-state index in [1.165, 1.54) is 32.1 Å². The Balaban J connectivity index is 1.07. The summed E-state index contributed by atoms with van der Waals surface area (Å²) in [4.78, 5) is 30.3. The molecule has 2 amide bonds. The number of hydrogen-bond acceptors (Lipinski definition) is 4. The van der Waals surface area contributed by atoms with E-state index in [2.05, 4.69) is 15.6 Å². The van der Waals surface area contributed by atoms with Crippen LogP contribution in [-0.2, 0) is 9.53 Å². The van der Waals surface area contributed by atoms with Crippen molar-refractivity contribution in [3.8, 4) is 0 Å². The van der Waals surface area contributed by atoms with E-state index in [-0.39, 0.29) is 17.7 Å². The van der Waals surface area contributed by atoms with Gasteiger partial charge >= 0.3 is 0 Å². The van der Waals surface area contributed by atoms with Gasteiger partial charge < -0.3 is 15.4 Å². The average molecular weight is 435 g/mol. The molecule has 4 saturated carbocycles. The zero-order valence-corrected chi connectivity index (χ0v) is 18.3. The van der Waals surface area contributed by atoms with Crippen molar-refractivity contribution in [3.05, 3.63) is 30.1 Å². The van der Waals surface area contributed by atoms with Crippen LogP contribution in [0.25, 0.3) is 5.65 Å². The first-order valence-electron chi connectivity index (χ1n) is 12.2. The molecule has 1 spiro atoms. The first-order valence-corrected chi connectivity index (χ1v) is 12.2. The maximum absolute atomic E-state index is 13.2. The maximum atomic E-state index is 13.2. The Labute approximate surface area is 187 Å². The van der Waals surface area contributed by atoms with Gasteiger partial charge in [0.2, 0.25) is 5.91 Å². The van der Waals surface area contributed by atoms with E-state index >= 15 is 0 Å². The monoisotopic (exact) mass is 434 g/mol. The van der Waals surface area contributed by atoms with Crippen molar-refractivity contribution in [1.82, 2.24) is 14.7 Å². The number of nitrogens with one attached hydrogen (secondary N) is 2. The summed E-state index contributed by atoms with van der Waals surface area (Å²) in [6.45, 7) is 2.05. The number of anilines is 1. The molecule has 168 valence electrons. The summed E-state index contributed by atoms with van der Waals surface area (Å²) in [7, 11) is 0. The van der Waals surface area contributed by atoms with Crippen molar-refractivity contribution in [3.63, 3.8) is 0 Å². The van der Waals surface area contributed by atoms with E-state index in [0.29, 0.717) is 41.2 Å². The van der Waals surface area contributed by atoms with Crippen LogP contribution >= 0.6 is 0 Å². The lowest BCUT2D eigenvalue weighted by Crippen LogP contribution is -2.69. The van der Waals surface area contributed by atoms with Crippen molar-refractivity contribution in [2.24, 2.45) is 34.5 Å². The fourth-order valence-electron chi connectivity index (χ4n) is 8.49. The van der Waals surface area contributed by atoms with Crippen molar-refractivity contribution < 1.29 is 14.3 Å². The highest BCUT2D eigenvalue weighted by atomic mass is 16.5. The second kappa shape index (κ2) is 6.56. The van der Waals surface area contributed by atoms with Crippen molar-refractivity contribution >= 4 is 23.3 Å². The van der Waals surface area contributed by atoms with E-state index in [1.54, 1.807) is 10.6 Å². The predicted molar refractivity (Wildman–Crippen MR) is 118 cm³/mol. The quantitative estimate of drug-likeness (QED) is 0.757. The first kappa shape index (κ1) is 19.1. The van der Waals surface area contributed by atoms with Gasteiger partial charge in [-0.2, -0.15) is 0 Å². The molecule has 7 heteroatoms. The second-order valence-corrected chi connectivity index (χ2v) is 11.0. The Morgan fingerprint density at radius 1 is 1.12 bits per heavy atom. The average Bonchev–Trinajstić information content (AvgIpc) is 3.44. The number of aromatic nitrogens is 2. The molecule has 5 aliphatic rings. The number of nitrogens with zero attached hydrogens (tertiary/aromatic N) is 2. The summed E-state index contributed by atoms with van der Waals surface area (Å²) in [5.41, 5.74) is 2.15. The van der Waals surface area contributed by atoms with Gasteiger partial charge in [0, 0.05) is 25.7 Å². The number of rotatable bonds is 5. The molecule has 32 heavy (non-hydrogen) atoms. The van der Waals surface area contributed by atoms with Gasteiger partial charge in [-0.3, -0.25) is 14.0 Å². The third-order valence-electron chi connectivity index (χ3n) is 9.73. The van der Waals surface area contributed by atoms with Crippen LogP contribution < -0.4 is 10.6 Å². The summed E-state index contributed by atoms with van der Waals surface area (Å²) in [5.74, 6) is 3.12. The van der Waals surface area contributed by atoms with Gasteiger partial charge in [-0.25, -0.2) is 4.98 Å². The van der Waals surface area contributed by atoms with Crippen LogP contribution in [-0.4, -0.2) is 41.0 Å². The number of amides is 2. The zero-order valence-electron chi connectivity index (χ0n) is 18.3. The molecule has 7 rings (SSSR count). The van der Waals surface area contributed by atoms with Crippen molar-refractivity contribution in [2.75, 3.05) is 25.1 Å². The lowest BCUT2D eigenvalue weighted by molar-refractivity contribution is -0.240. The summed E-state index contributed by atoms with van der Waals surface area (Å²) in [6, 6.07) is 5.56. The molecule has 5 atom stereocenters. The standard InChI is InChI=1S/C25H30N4O3/c30-22(16-4-6-32-7-5-16)28-20-13-29-19(2-1-3-21(29)27-20)23(31)26-14-24-10-15-8-17-9-18(12-24)25(17,24)11-15/h1-3,13,15-18H,4-12,14H2,(H,26,31)(H,28,30). The molecule has 2 bridgehead atoms. The molecular weight excluding hydrogens is 404 g/mol. The van der Waals surface area contributed by atoms with E-state index in [4.69, 9.17) is 4.74 Å². The summed E-state index contributed by atoms with van der Waals surface area (Å²) < 4.78 is 7.14. The van der Waals surface area contributed by atoms with Gasteiger partial charge in [-0.15, -0.1) is 0 Å². The van der Waals surface area contributed by atoms with Crippen LogP contribution in [0.4, 0.5) is 5.82 Å². The molecule has 1 aliphatic heterocycles. The number of ether oxygens (including phenoxy) is 1. The SMILES string of the molecule is O=C(NCC12CC3CC4CC(C1)C42C3)c1cccc2nc(NC(=O)C3CCOCC3)cn12. The fourth-order valence-corrected chi connectivity index (χ4v) is 8.49. The third-order valence-corrected chi connectivity index (χ3v) is 9.73. The van der Waals surface area contributed by atoms with Crippen molar-refractivity contribution in [2.45, 2.75) is 44.9 Å². The Hall–Kier alpha value is -2.41. The Morgan fingerprint density at radius 3 is 2.81 bits per heavy atom. The van der Waals surface area contributed by atoms with Crippen LogP contribution in [0.1, 0.15) is 55.4 Å². The molecule has 3 heterocycles. The van der Waals surface area contributed by atoms with Gasteiger partial charge in [0.25, 0.3) is 5.91 Å². The number of carbonyl (C=O) groups excluding carboxylic acids is 2. The molecule has 1 saturated heterocycles. The normalized spacial score (nSPS) is 36.9. The van der Waals surface area contributed by atoms with E-state index < -0.39 is 0 Å². The van der Waals surface area contributed by atoms with Crippen LogP contribution in [0.5, 0.6) is 0 Å². The number of imidazole rings is 1. The number of pyridine rings is 1. The van der Waals surface area contributed by atoms with E-state index in [9.17, 15) is 9.59 Å². The molecular formula is C25H30N4O3. The Morgan fingerprint density at radius 2 is 2.00 bits per heavy atom. The van der Waals surface area contributed by atoms with Gasteiger partial charge in [-0.05, 0) is 85.7 Å². The van der Waals surface area contributed by atoms with Crippen LogP contribution in [0, 0.1) is 34.5 Å². The molecule has 5 fully saturated rings. The lowest BCUT2D eigenvalue weighted by atomic mass is 9.32. The highest BCUT2D eigenvalue weighted by Crippen LogP contribution is 2.86. The Bertz CT molecular complexity index is 1120. The molecule has 2 aromatic heterocycles. The van der Waals surface area contributed by atoms with Gasteiger partial charge in [0.15, 0.2) is 5.82 Å². The number of hydrogen-bond donors (Lipinski definition) is 2. The topological polar surface area (TPSA) is 84.7 Å². The van der Waals surface area contributed by atoms with Gasteiger partial charge in [-0.1, -0.05) is 6.07 Å². The van der Waals surface area contributed by atoms with Gasteiger partial charge in [0.05, 0.1) is 6.20 Å². The minimum Gasteiger partial charge on any atom is -0.381 e. The van der Waals surface area contributed by atoms with Gasteiger partial charge in [0.1, 0.15) is 11.3 Å². The molecule has 0 radical (unpaired) electrons. The minimum absolute atomic E-state index is 0.0214. The molecule has 4 aliphatic carbocycles. The second-order valence-electron chi connectivity index (χ2n) is 11.0. The summed E-state index contributed by atoms with van der Waals surface area (Å²) in [6.07, 6.45) is 10.1. The summed E-state index contributed by atoms with van der Waals surface area (Å²) >= 11 is 0. The maximum Gasteiger partial charge on any atom is 0.268 e. The third kappa shape index (κ3) is 2.43. The highest BCUT2D eigenvalue weighted by molar-refractivity contribution is 5.94. The molecule has 5 unspecified atom stereocenters. The van der Waals surface area contributed by atoms with Crippen LogP contribution in [0.3, 0.4) is 0 Å². The van der Waals surface area contributed by atoms with Crippen LogP contribution in [0.2, 0.25) is 0 Å². The summed E-state index contributed by atoms with van der Waals surface area (Å²) in [5, 5.41) is 6.22. The Kier molecular flexibility index (Phi) is 3.92. The largest absolute Gasteiger partial charge is 0.381 e. The highest BCUT2D eigenvalue weighted by Gasteiger charge is 2.80. The fraction of sp³-hybridized carbons (Fsp3) is 0.640. The molecule has 7 nitrogen and oxygen atoms in total. The van der Waals surface area contributed by atoms with E-state index in [1.807, 2.05) is 18.2 Å². The molecule has 0 aromatic carbocycles. The van der Waals surface area contributed by atoms with E-state index in [0.717, 1.165) is 37.1 Å². The predicted octanol–water partition coefficient (Wildman–Crippen LogP) is 3.26. The number of carbonyl (C=O) groups is 2. The smallest absolute Gasteiger partial charge is 0.268 e. The zero-order chi connectivity index (χ0) is 21.5. The molecule has 2 aromatic rings. The number of fused-ring (bicyclic) bond motifs is 2.